The fourth-order valence-electron chi connectivity index (χ4n) is 1.69. The molecule has 2 N–H and O–H groups in total. The Labute approximate surface area is 111 Å². The highest BCUT2D eigenvalue weighted by Gasteiger charge is 2.25. The summed E-state index contributed by atoms with van der Waals surface area (Å²) < 4.78 is 39.2. The van der Waals surface area contributed by atoms with Crippen molar-refractivity contribution in [3.8, 4) is 0 Å². The molecule has 0 bridgehead atoms. The highest BCUT2D eigenvalue weighted by molar-refractivity contribution is 7.89. The minimum absolute atomic E-state index is 0.115. The first-order valence-electron chi connectivity index (χ1n) is 5.79. The third-order valence-corrected chi connectivity index (χ3v) is 4.23. The number of aliphatic carboxylic acids is 1. The first kappa shape index (κ1) is 15.6. The molecule has 1 rings (SSSR count). The van der Waals surface area contributed by atoms with Gasteiger partial charge in [0.15, 0.2) is 0 Å². The van der Waals surface area contributed by atoms with E-state index in [0.717, 1.165) is 18.2 Å². The Hall–Kier alpha value is -1.47. The minimum Gasteiger partial charge on any atom is -0.480 e. The van der Waals surface area contributed by atoms with E-state index >= 15 is 0 Å². The zero-order valence-corrected chi connectivity index (χ0v) is 11.5. The van der Waals surface area contributed by atoms with E-state index in [1.807, 2.05) is 0 Å². The smallest absolute Gasteiger partial charge is 0.321 e. The van der Waals surface area contributed by atoms with Crippen molar-refractivity contribution in [1.29, 1.82) is 0 Å². The number of aryl methyl sites for hydroxylation is 1. The molecule has 0 saturated heterocycles. The molecular formula is C12H16FNO4S. The van der Waals surface area contributed by atoms with E-state index in [1.54, 1.807) is 6.92 Å². The largest absolute Gasteiger partial charge is 0.480 e. The summed E-state index contributed by atoms with van der Waals surface area (Å²) in [4.78, 5) is 10.8. The molecule has 1 aromatic carbocycles. The van der Waals surface area contributed by atoms with Gasteiger partial charge >= 0.3 is 5.97 Å². The van der Waals surface area contributed by atoms with Crippen molar-refractivity contribution < 1.29 is 22.7 Å². The van der Waals surface area contributed by atoms with E-state index in [4.69, 9.17) is 5.11 Å². The molecule has 0 radical (unpaired) electrons. The molecule has 0 spiro atoms. The van der Waals surface area contributed by atoms with Crippen LogP contribution in [0.5, 0.6) is 0 Å². The molecule has 106 valence electrons. The lowest BCUT2D eigenvalue weighted by atomic mass is 10.2. The number of benzene rings is 1. The Morgan fingerprint density at radius 1 is 1.47 bits per heavy atom. The summed E-state index contributed by atoms with van der Waals surface area (Å²) >= 11 is 0. The van der Waals surface area contributed by atoms with Crippen LogP contribution in [-0.4, -0.2) is 25.5 Å². The van der Waals surface area contributed by atoms with E-state index in [9.17, 15) is 17.6 Å². The predicted molar refractivity (Wildman–Crippen MR) is 67.8 cm³/mol. The van der Waals surface area contributed by atoms with Gasteiger partial charge in [0.1, 0.15) is 11.9 Å². The maximum Gasteiger partial charge on any atom is 0.321 e. The van der Waals surface area contributed by atoms with Gasteiger partial charge < -0.3 is 5.11 Å². The predicted octanol–water partition coefficient (Wildman–Crippen LogP) is 1.67. The fourth-order valence-corrected chi connectivity index (χ4v) is 3.14. The van der Waals surface area contributed by atoms with E-state index in [2.05, 4.69) is 4.72 Å². The van der Waals surface area contributed by atoms with Gasteiger partial charge in [0.2, 0.25) is 10.0 Å². The van der Waals surface area contributed by atoms with Crippen molar-refractivity contribution in [3.63, 3.8) is 0 Å². The van der Waals surface area contributed by atoms with Crippen LogP contribution in [0.3, 0.4) is 0 Å². The lowest BCUT2D eigenvalue weighted by molar-refractivity contribution is -0.139. The SMILES string of the molecule is CCC[C@@H](NS(=O)(=O)c1ccc(F)cc1C)C(=O)O. The van der Waals surface area contributed by atoms with Gasteiger partial charge in [0.05, 0.1) is 4.90 Å². The van der Waals surface area contributed by atoms with Gasteiger partial charge in [0.25, 0.3) is 0 Å². The van der Waals surface area contributed by atoms with Crippen molar-refractivity contribution in [2.24, 2.45) is 0 Å². The molecule has 0 fully saturated rings. The number of carbonyl (C=O) groups is 1. The van der Waals surface area contributed by atoms with Crippen LogP contribution in [0.2, 0.25) is 0 Å². The Kier molecular flexibility index (Phi) is 5.02. The first-order valence-corrected chi connectivity index (χ1v) is 7.27. The second-order valence-electron chi connectivity index (χ2n) is 4.21. The second kappa shape index (κ2) is 6.12. The zero-order valence-electron chi connectivity index (χ0n) is 10.7. The van der Waals surface area contributed by atoms with Gasteiger partial charge in [-0.05, 0) is 37.1 Å². The van der Waals surface area contributed by atoms with E-state index in [0.29, 0.717) is 6.42 Å². The number of sulfonamides is 1. The lowest BCUT2D eigenvalue weighted by Crippen LogP contribution is -2.40. The average molecular weight is 289 g/mol. The molecule has 0 aliphatic carbocycles. The topological polar surface area (TPSA) is 83.5 Å². The fraction of sp³-hybridized carbons (Fsp3) is 0.417. The third-order valence-electron chi connectivity index (χ3n) is 2.60. The summed E-state index contributed by atoms with van der Waals surface area (Å²) in [5, 5.41) is 8.94. The Bertz CT molecular complexity index is 571. The van der Waals surface area contributed by atoms with Gasteiger partial charge in [-0.1, -0.05) is 13.3 Å². The molecule has 5 nitrogen and oxygen atoms in total. The van der Waals surface area contributed by atoms with Gasteiger partial charge in [0, 0.05) is 0 Å². The standard InChI is InChI=1S/C12H16FNO4S/c1-3-4-10(12(15)16)14-19(17,18)11-6-5-9(13)7-8(11)2/h5-7,10,14H,3-4H2,1-2H3,(H,15,16)/t10-/m1/s1. The second-order valence-corrected chi connectivity index (χ2v) is 5.89. The van der Waals surface area contributed by atoms with Crippen LogP contribution in [-0.2, 0) is 14.8 Å². The van der Waals surface area contributed by atoms with E-state index < -0.39 is 27.9 Å². The van der Waals surface area contributed by atoms with Crippen LogP contribution in [0.4, 0.5) is 4.39 Å². The van der Waals surface area contributed by atoms with Crippen molar-refractivity contribution in [2.45, 2.75) is 37.6 Å². The maximum absolute atomic E-state index is 12.9. The molecule has 19 heavy (non-hydrogen) atoms. The quantitative estimate of drug-likeness (QED) is 0.834. The number of rotatable bonds is 6. The summed E-state index contributed by atoms with van der Waals surface area (Å²) in [6, 6.07) is 2.05. The first-order chi connectivity index (χ1) is 8.77. The molecular weight excluding hydrogens is 273 g/mol. The van der Waals surface area contributed by atoms with Gasteiger partial charge in [-0.2, -0.15) is 4.72 Å². The number of carboxylic acid groups (broad SMARTS) is 1. The monoisotopic (exact) mass is 289 g/mol. The van der Waals surface area contributed by atoms with Crippen LogP contribution in [0.25, 0.3) is 0 Å². The van der Waals surface area contributed by atoms with Crippen molar-refractivity contribution in [3.05, 3.63) is 29.6 Å². The summed E-state index contributed by atoms with van der Waals surface area (Å²) in [5.41, 5.74) is 0.230. The molecule has 0 aliphatic rings. The van der Waals surface area contributed by atoms with Crippen molar-refractivity contribution >= 4 is 16.0 Å². The Morgan fingerprint density at radius 3 is 2.58 bits per heavy atom. The number of hydrogen-bond acceptors (Lipinski definition) is 3. The highest BCUT2D eigenvalue weighted by atomic mass is 32.2. The van der Waals surface area contributed by atoms with Crippen LogP contribution in [0.15, 0.2) is 23.1 Å². The number of carboxylic acids is 1. The van der Waals surface area contributed by atoms with Gasteiger partial charge in [-0.15, -0.1) is 0 Å². The molecule has 0 heterocycles. The average Bonchev–Trinajstić information content (AvgIpc) is 2.27. The maximum atomic E-state index is 12.9. The number of hydrogen-bond donors (Lipinski definition) is 2. The van der Waals surface area contributed by atoms with Crippen molar-refractivity contribution in [1.82, 2.24) is 4.72 Å². The summed E-state index contributed by atoms with van der Waals surface area (Å²) in [5.74, 6) is -1.77. The van der Waals surface area contributed by atoms with Crippen LogP contribution in [0.1, 0.15) is 25.3 Å². The molecule has 7 heteroatoms. The summed E-state index contributed by atoms with van der Waals surface area (Å²) in [6.45, 7) is 3.21. The summed E-state index contributed by atoms with van der Waals surface area (Å²) in [6.07, 6.45) is 0.719. The van der Waals surface area contributed by atoms with Gasteiger partial charge in [-0.3, -0.25) is 4.79 Å². The van der Waals surface area contributed by atoms with Crippen LogP contribution >= 0.6 is 0 Å². The third kappa shape index (κ3) is 4.00. The number of halogens is 1. The zero-order chi connectivity index (χ0) is 14.6. The van der Waals surface area contributed by atoms with Gasteiger partial charge in [-0.25, -0.2) is 12.8 Å². The molecule has 0 unspecified atom stereocenters. The number of nitrogens with one attached hydrogen (secondary N) is 1. The molecule has 0 amide bonds. The molecule has 1 atom stereocenters. The Balaban J connectivity index is 3.06. The normalized spacial score (nSPS) is 13.2. The molecule has 0 saturated carbocycles. The van der Waals surface area contributed by atoms with Crippen LogP contribution in [0, 0.1) is 12.7 Å². The van der Waals surface area contributed by atoms with Crippen LogP contribution < -0.4 is 4.72 Å². The van der Waals surface area contributed by atoms with Crippen molar-refractivity contribution in [2.75, 3.05) is 0 Å². The van der Waals surface area contributed by atoms with E-state index in [-0.39, 0.29) is 16.9 Å². The lowest BCUT2D eigenvalue weighted by Gasteiger charge is -2.15. The molecule has 1 aromatic rings. The molecule has 0 aromatic heterocycles. The van der Waals surface area contributed by atoms with E-state index in [1.165, 1.54) is 6.92 Å². The highest BCUT2D eigenvalue weighted by Crippen LogP contribution is 2.17. The summed E-state index contributed by atoms with van der Waals surface area (Å²) in [7, 11) is -3.97. The minimum atomic E-state index is -3.97. The molecule has 0 aliphatic heterocycles. The Morgan fingerprint density at radius 2 is 2.11 bits per heavy atom.